The first-order valence-electron chi connectivity index (χ1n) is 15.1. The second-order valence-corrected chi connectivity index (χ2v) is 13.9. The normalized spacial score (nSPS) is 17.6. The third kappa shape index (κ3) is 5.22. The second-order valence-electron chi connectivity index (χ2n) is 12.3. The van der Waals surface area contributed by atoms with Gasteiger partial charge in [-0.25, -0.2) is 0 Å². The van der Waals surface area contributed by atoms with Crippen LogP contribution in [0.25, 0.3) is 0 Å². The number of carbonyl (C=O) groups excluding carboxylic acids is 2. The molecule has 0 spiro atoms. The molecule has 0 fully saturated rings. The van der Waals surface area contributed by atoms with Crippen LogP contribution >= 0.6 is 31.9 Å². The van der Waals surface area contributed by atoms with Crippen LogP contribution < -0.4 is 9.47 Å². The maximum atomic E-state index is 14.2. The summed E-state index contributed by atoms with van der Waals surface area (Å²) in [4.78, 5) is 28.4. The predicted molar refractivity (Wildman–Crippen MR) is 182 cm³/mol. The minimum absolute atomic E-state index is 0.0909. The van der Waals surface area contributed by atoms with Crippen LogP contribution in [0.5, 0.6) is 34.5 Å². The molecule has 6 N–H and O–H groups in total. The van der Waals surface area contributed by atoms with E-state index < -0.39 is 47.1 Å². The summed E-state index contributed by atoms with van der Waals surface area (Å²) >= 11 is 6.65. The fourth-order valence-electron chi connectivity index (χ4n) is 7.17. The number of phenols is 4. The Morgan fingerprint density at radius 3 is 1.25 bits per heavy atom. The van der Waals surface area contributed by atoms with Gasteiger partial charge >= 0.3 is 0 Å². The molecule has 0 radical (unpaired) electrons. The second kappa shape index (κ2) is 12.4. The summed E-state index contributed by atoms with van der Waals surface area (Å²) in [6.07, 6.45) is -1.30. The van der Waals surface area contributed by atoms with Gasteiger partial charge in [0.2, 0.25) is 11.6 Å². The fraction of sp³-hybridized carbons (Fsp3) is 0.278. The van der Waals surface area contributed by atoms with E-state index in [9.17, 15) is 40.2 Å². The maximum Gasteiger partial charge on any atom is 0.201 e. The Morgan fingerprint density at radius 2 is 0.938 bits per heavy atom. The number of aliphatic hydroxyl groups is 2. The van der Waals surface area contributed by atoms with Crippen molar-refractivity contribution in [3.63, 3.8) is 0 Å². The summed E-state index contributed by atoms with van der Waals surface area (Å²) < 4.78 is 11.4. The third-order valence-electron chi connectivity index (χ3n) is 8.97. The van der Waals surface area contributed by atoms with Gasteiger partial charge in [0, 0.05) is 11.8 Å². The monoisotopic (exact) mass is 782 g/mol. The lowest BCUT2D eigenvalue weighted by atomic mass is 9.63. The molecule has 0 aliphatic heterocycles. The van der Waals surface area contributed by atoms with Gasteiger partial charge in [0.1, 0.15) is 43.4 Å². The largest absolute Gasteiger partial charge is 0.507 e. The molecule has 0 saturated heterocycles. The summed E-state index contributed by atoms with van der Waals surface area (Å²) in [5.74, 6) is -4.43. The van der Waals surface area contributed by atoms with Crippen molar-refractivity contribution in [3.8, 4) is 34.5 Å². The standard InChI is InChI=1S/C36H32Br2O10/c1-13(39)5-15-7-17-25(19-11-23(47-3)31(37)35(45)29(19)33(43)27(17)21(41)9-15)26-18-8-16(6-14(2)40)10-22(42)28(18)34(44)30-20(26)12-24(48-4)32(38)36(30)46/h7-14,25-26,39-42,45-46H,5-6H2,1-4H3/t13-,14-,25-,26+/m0/s1. The lowest BCUT2D eigenvalue weighted by Crippen LogP contribution is -2.30. The van der Waals surface area contributed by atoms with Crippen molar-refractivity contribution in [2.45, 2.75) is 50.7 Å². The van der Waals surface area contributed by atoms with E-state index in [1.165, 1.54) is 26.4 Å². The van der Waals surface area contributed by atoms with Crippen LogP contribution in [0.15, 0.2) is 45.3 Å². The molecule has 4 aromatic carbocycles. The van der Waals surface area contributed by atoms with Crippen LogP contribution in [-0.4, -0.2) is 68.6 Å². The Morgan fingerprint density at radius 1 is 0.604 bits per heavy atom. The van der Waals surface area contributed by atoms with Gasteiger partial charge in [-0.05, 0) is 116 Å². The van der Waals surface area contributed by atoms with E-state index in [4.69, 9.17) is 9.47 Å². The van der Waals surface area contributed by atoms with E-state index in [2.05, 4.69) is 31.9 Å². The first-order valence-corrected chi connectivity index (χ1v) is 16.6. The number of hydrogen-bond acceptors (Lipinski definition) is 10. The highest BCUT2D eigenvalue weighted by Gasteiger charge is 2.47. The lowest BCUT2D eigenvalue weighted by Gasteiger charge is -2.39. The zero-order chi connectivity index (χ0) is 34.9. The Hall–Kier alpha value is -4.10. The van der Waals surface area contributed by atoms with E-state index in [-0.39, 0.29) is 78.2 Å². The summed E-state index contributed by atoms with van der Waals surface area (Å²) in [7, 11) is 2.80. The number of ketones is 2. The molecule has 0 amide bonds. The number of phenolic OH excluding ortho intramolecular Hbond substituents is 4. The molecule has 0 bridgehead atoms. The predicted octanol–water partition coefficient (Wildman–Crippen LogP) is 5.95. The topological polar surface area (TPSA) is 174 Å². The van der Waals surface area contributed by atoms with Crippen LogP contribution in [-0.2, 0) is 12.8 Å². The molecule has 12 heteroatoms. The first kappa shape index (κ1) is 33.8. The van der Waals surface area contributed by atoms with Gasteiger partial charge in [-0.15, -0.1) is 0 Å². The minimum Gasteiger partial charge on any atom is -0.507 e. The summed E-state index contributed by atoms with van der Waals surface area (Å²) in [6.45, 7) is 3.18. The Balaban J connectivity index is 1.81. The molecule has 4 aromatic rings. The zero-order valence-corrected chi connectivity index (χ0v) is 29.4. The number of ether oxygens (including phenoxy) is 2. The van der Waals surface area contributed by atoms with Crippen LogP contribution in [0.3, 0.4) is 0 Å². The van der Waals surface area contributed by atoms with Crippen molar-refractivity contribution in [1.82, 2.24) is 0 Å². The third-order valence-corrected chi connectivity index (χ3v) is 10.5. The Labute approximate surface area is 292 Å². The van der Waals surface area contributed by atoms with E-state index in [1.807, 2.05) is 0 Å². The lowest BCUT2D eigenvalue weighted by molar-refractivity contribution is 0.101. The van der Waals surface area contributed by atoms with Gasteiger partial charge in [0.05, 0.1) is 48.7 Å². The SMILES string of the molecule is COc1cc2c(c(O)c1Br)C(=O)c1c(O)cc(C[C@H](C)O)cc1[C@H]2[C@H]1c2cc(C[C@H](C)O)cc(O)c2C(=O)c2c1cc(OC)c(Br)c2O. The maximum absolute atomic E-state index is 14.2. The first-order chi connectivity index (χ1) is 22.7. The van der Waals surface area contributed by atoms with Gasteiger partial charge in [-0.3, -0.25) is 9.59 Å². The van der Waals surface area contributed by atoms with E-state index >= 15 is 0 Å². The van der Waals surface area contributed by atoms with Gasteiger partial charge < -0.3 is 40.1 Å². The molecule has 0 heterocycles. The minimum atomic E-state index is -0.961. The summed E-state index contributed by atoms with van der Waals surface area (Å²) in [5.41, 5.74) is 1.85. The van der Waals surface area contributed by atoms with Gasteiger partial charge in [0.25, 0.3) is 0 Å². The highest BCUT2D eigenvalue weighted by molar-refractivity contribution is 9.11. The number of methoxy groups -OCH3 is 2. The summed E-state index contributed by atoms with van der Waals surface area (Å²) in [6, 6.07) is 9.37. The highest BCUT2D eigenvalue weighted by atomic mass is 79.9. The van der Waals surface area contributed by atoms with Crippen molar-refractivity contribution < 1.29 is 49.7 Å². The van der Waals surface area contributed by atoms with E-state index in [1.54, 1.807) is 38.1 Å². The number of fused-ring (bicyclic) bond motifs is 4. The zero-order valence-electron chi connectivity index (χ0n) is 26.3. The van der Waals surface area contributed by atoms with Crippen LogP contribution in [0.1, 0.15) is 90.9 Å². The average Bonchev–Trinajstić information content (AvgIpc) is 3.00. The summed E-state index contributed by atoms with van der Waals surface area (Å²) in [5, 5.41) is 66.2. The van der Waals surface area contributed by atoms with Crippen molar-refractivity contribution >= 4 is 43.4 Å². The number of hydrogen-bond donors (Lipinski definition) is 6. The van der Waals surface area contributed by atoms with Crippen molar-refractivity contribution in [2.24, 2.45) is 0 Å². The molecule has 250 valence electrons. The van der Waals surface area contributed by atoms with E-state index in [0.29, 0.717) is 22.3 Å². The van der Waals surface area contributed by atoms with Crippen LogP contribution in [0.2, 0.25) is 0 Å². The number of carbonyl (C=O) groups is 2. The average molecular weight is 784 g/mol. The molecule has 0 aromatic heterocycles. The number of aliphatic hydroxyl groups excluding tert-OH is 2. The van der Waals surface area contributed by atoms with Crippen molar-refractivity contribution in [3.05, 3.63) is 101 Å². The fourth-order valence-corrected chi connectivity index (χ4v) is 8.12. The molecule has 48 heavy (non-hydrogen) atoms. The van der Waals surface area contributed by atoms with Crippen LogP contribution in [0.4, 0.5) is 0 Å². The van der Waals surface area contributed by atoms with Crippen molar-refractivity contribution in [2.75, 3.05) is 14.2 Å². The molecule has 6 rings (SSSR count). The Bertz CT molecular complexity index is 1890. The molecular weight excluding hydrogens is 752 g/mol. The number of halogens is 2. The molecule has 4 atom stereocenters. The molecule has 0 unspecified atom stereocenters. The molecular formula is C36H32Br2O10. The van der Waals surface area contributed by atoms with Crippen LogP contribution in [0, 0.1) is 0 Å². The van der Waals surface area contributed by atoms with Gasteiger partial charge in [0.15, 0.2) is 0 Å². The molecule has 2 aliphatic rings. The van der Waals surface area contributed by atoms with E-state index in [0.717, 1.165) is 0 Å². The number of rotatable bonds is 7. The number of aromatic hydroxyl groups is 4. The molecule has 0 saturated carbocycles. The molecule has 10 nitrogen and oxygen atoms in total. The van der Waals surface area contributed by atoms with Gasteiger partial charge in [-0.2, -0.15) is 0 Å². The molecule has 2 aliphatic carbocycles. The quantitative estimate of drug-likeness (QED) is 0.132. The number of benzene rings is 4. The highest BCUT2D eigenvalue weighted by Crippen LogP contribution is 2.59. The smallest absolute Gasteiger partial charge is 0.201 e. The Kier molecular flexibility index (Phi) is 8.74. The van der Waals surface area contributed by atoms with Gasteiger partial charge in [-0.1, -0.05) is 12.1 Å². The van der Waals surface area contributed by atoms with Crippen molar-refractivity contribution in [1.29, 1.82) is 0 Å².